The highest BCUT2D eigenvalue weighted by atomic mass is 35.5. The molecule has 4 rings (SSSR count). The predicted octanol–water partition coefficient (Wildman–Crippen LogP) is 5.50. The Morgan fingerprint density at radius 1 is 1.03 bits per heavy atom. The second-order valence-electron chi connectivity index (χ2n) is 6.82. The van der Waals surface area contributed by atoms with E-state index in [1.807, 2.05) is 25.3 Å². The normalized spacial score (nSPS) is 11.7. The Balaban J connectivity index is 1.45. The molecule has 0 N–H and O–H groups in total. The zero-order chi connectivity index (χ0) is 21.3. The van der Waals surface area contributed by atoms with Gasteiger partial charge < -0.3 is 0 Å². The lowest BCUT2D eigenvalue weighted by molar-refractivity contribution is 0.595. The molecular weight excluding hydrogens is 458 g/mol. The number of rotatable bonds is 6. The van der Waals surface area contributed by atoms with Crippen LogP contribution in [0.5, 0.6) is 0 Å². The van der Waals surface area contributed by atoms with E-state index in [2.05, 4.69) is 9.97 Å². The number of nitrogens with zero attached hydrogens (tertiary/aromatic N) is 3. The van der Waals surface area contributed by atoms with Crippen molar-refractivity contribution in [3.8, 4) is 10.6 Å². The molecule has 0 bridgehead atoms. The predicted molar refractivity (Wildman–Crippen MR) is 122 cm³/mol. The lowest BCUT2D eigenvalue weighted by Crippen LogP contribution is -2.05. The summed E-state index contributed by atoms with van der Waals surface area (Å²) in [6.45, 7) is 3.99. The smallest absolute Gasteiger partial charge is 0.182 e. The van der Waals surface area contributed by atoms with Gasteiger partial charge in [0.2, 0.25) is 0 Å². The molecule has 0 saturated carbocycles. The molecule has 0 aliphatic rings. The van der Waals surface area contributed by atoms with Gasteiger partial charge in [0.15, 0.2) is 9.84 Å². The summed E-state index contributed by atoms with van der Waals surface area (Å²) >= 11 is 9.08. The third kappa shape index (κ3) is 4.78. The number of benzene rings is 1. The van der Waals surface area contributed by atoms with Crippen LogP contribution in [-0.4, -0.2) is 23.4 Å². The van der Waals surface area contributed by atoms with Crippen LogP contribution in [0.2, 0.25) is 5.02 Å². The maximum absolute atomic E-state index is 12.6. The Kier molecular flexibility index (Phi) is 6.02. The third-order valence-electron chi connectivity index (χ3n) is 4.44. The molecule has 0 atom stereocenters. The molecule has 0 saturated heterocycles. The highest BCUT2D eigenvalue weighted by Crippen LogP contribution is 2.31. The minimum Gasteiger partial charge on any atom is -0.261 e. The fraction of sp³-hybridized carbons (Fsp3) is 0.190. The molecule has 1 aromatic carbocycles. The van der Waals surface area contributed by atoms with E-state index in [0.29, 0.717) is 17.0 Å². The van der Waals surface area contributed by atoms with Crippen molar-refractivity contribution in [2.45, 2.75) is 30.9 Å². The molecule has 0 amide bonds. The van der Waals surface area contributed by atoms with Crippen LogP contribution in [0.1, 0.15) is 27.0 Å². The molecule has 0 unspecified atom stereocenters. The highest BCUT2D eigenvalue weighted by Gasteiger charge is 2.16. The first kappa shape index (κ1) is 21.1. The molecule has 4 aromatic rings. The largest absolute Gasteiger partial charge is 0.261 e. The van der Waals surface area contributed by atoms with Crippen LogP contribution in [-0.2, 0) is 22.0 Å². The highest BCUT2D eigenvalue weighted by molar-refractivity contribution is 7.90. The molecule has 0 aliphatic heterocycles. The Morgan fingerprint density at radius 3 is 2.43 bits per heavy atom. The van der Waals surface area contributed by atoms with Gasteiger partial charge in [0, 0.05) is 28.7 Å². The molecular formula is C21H18ClN3O2S3. The summed E-state index contributed by atoms with van der Waals surface area (Å²) in [5.41, 5.74) is 3.44. The molecule has 0 radical (unpaired) electrons. The fourth-order valence-corrected chi connectivity index (χ4v) is 6.22. The number of hydrogen-bond donors (Lipinski definition) is 0. The number of pyridine rings is 1. The van der Waals surface area contributed by atoms with E-state index < -0.39 is 9.84 Å². The molecule has 0 aliphatic carbocycles. The van der Waals surface area contributed by atoms with Gasteiger partial charge in [-0.1, -0.05) is 17.7 Å². The maximum Gasteiger partial charge on any atom is 0.182 e. The Hall–Kier alpha value is -2.13. The summed E-state index contributed by atoms with van der Waals surface area (Å²) in [5.74, 6) is -0.104. The number of hydrogen-bond acceptors (Lipinski definition) is 7. The van der Waals surface area contributed by atoms with Gasteiger partial charge in [0.05, 0.1) is 36.9 Å². The summed E-state index contributed by atoms with van der Waals surface area (Å²) in [5, 5.41) is 4.54. The molecule has 3 aromatic heterocycles. The van der Waals surface area contributed by atoms with Crippen LogP contribution in [0.15, 0.2) is 52.9 Å². The van der Waals surface area contributed by atoms with E-state index >= 15 is 0 Å². The molecule has 9 heteroatoms. The van der Waals surface area contributed by atoms with Crippen molar-refractivity contribution in [1.29, 1.82) is 0 Å². The number of halogens is 1. The summed E-state index contributed by atoms with van der Waals surface area (Å²) < 4.78 is 25.1. The average molecular weight is 476 g/mol. The van der Waals surface area contributed by atoms with Crippen molar-refractivity contribution < 1.29 is 8.42 Å². The summed E-state index contributed by atoms with van der Waals surface area (Å²) in [6.07, 6.45) is 2.22. The topological polar surface area (TPSA) is 72.8 Å². The van der Waals surface area contributed by atoms with E-state index in [9.17, 15) is 8.42 Å². The van der Waals surface area contributed by atoms with Crippen molar-refractivity contribution in [2.24, 2.45) is 0 Å². The Labute approximate surface area is 188 Å². The van der Waals surface area contributed by atoms with Crippen LogP contribution < -0.4 is 0 Å². The van der Waals surface area contributed by atoms with Gasteiger partial charge in [-0.15, -0.1) is 22.7 Å². The SMILES string of the molecule is Cc1nc(C)c(-c2csc(Cc3ccc(CS(=O)(=O)c4ccc(Cl)cc4)cn3)n2)s1. The maximum atomic E-state index is 12.6. The van der Waals surface area contributed by atoms with Gasteiger partial charge in [0.1, 0.15) is 0 Å². The van der Waals surface area contributed by atoms with Crippen molar-refractivity contribution >= 4 is 44.1 Å². The third-order valence-corrected chi connectivity index (χ3v) is 8.34. The second-order valence-corrected chi connectivity index (χ2v) is 11.4. The summed E-state index contributed by atoms with van der Waals surface area (Å²) in [6, 6.07) is 9.86. The first-order valence-electron chi connectivity index (χ1n) is 9.11. The van der Waals surface area contributed by atoms with Crippen LogP contribution in [0.25, 0.3) is 10.6 Å². The van der Waals surface area contributed by atoms with Gasteiger partial charge in [-0.2, -0.15) is 0 Å². The van der Waals surface area contributed by atoms with Crippen LogP contribution in [0.3, 0.4) is 0 Å². The summed E-state index contributed by atoms with van der Waals surface area (Å²) in [7, 11) is -3.44. The van der Waals surface area contributed by atoms with Gasteiger partial charge >= 0.3 is 0 Å². The van der Waals surface area contributed by atoms with Crippen LogP contribution in [0, 0.1) is 13.8 Å². The van der Waals surface area contributed by atoms with Crippen molar-refractivity contribution in [3.63, 3.8) is 0 Å². The van der Waals surface area contributed by atoms with E-state index in [4.69, 9.17) is 16.6 Å². The molecule has 3 heterocycles. The number of aromatic nitrogens is 3. The first-order chi connectivity index (χ1) is 14.3. The minimum atomic E-state index is -3.44. The van der Waals surface area contributed by atoms with Crippen molar-refractivity contribution in [3.05, 3.63) is 80.0 Å². The van der Waals surface area contributed by atoms with E-state index in [0.717, 1.165) is 32.0 Å². The first-order valence-corrected chi connectivity index (χ1v) is 12.8. The van der Waals surface area contributed by atoms with Gasteiger partial charge in [-0.3, -0.25) is 4.98 Å². The minimum absolute atomic E-state index is 0.104. The Bertz CT molecular complexity index is 1280. The lowest BCUT2D eigenvalue weighted by Gasteiger charge is -2.05. The van der Waals surface area contributed by atoms with Crippen molar-refractivity contribution in [1.82, 2.24) is 15.0 Å². The fourth-order valence-electron chi connectivity index (χ4n) is 3.01. The van der Waals surface area contributed by atoms with Crippen LogP contribution in [0.4, 0.5) is 0 Å². The number of aryl methyl sites for hydroxylation is 2. The molecule has 0 fully saturated rings. The zero-order valence-corrected chi connectivity index (χ0v) is 19.5. The average Bonchev–Trinajstić information content (AvgIpc) is 3.29. The standard InChI is InChI=1S/C21H18ClN3O2S3/c1-13-21(29-14(2)24-13)19-11-28-20(25-19)9-17-6-3-15(10-23-17)12-30(26,27)18-7-4-16(22)5-8-18/h3-8,10-11H,9,12H2,1-2H3. The monoisotopic (exact) mass is 475 g/mol. The van der Waals surface area contributed by atoms with E-state index in [1.165, 1.54) is 12.1 Å². The summed E-state index contributed by atoms with van der Waals surface area (Å²) in [4.78, 5) is 15.0. The zero-order valence-electron chi connectivity index (χ0n) is 16.3. The Morgan fingerprint density at radius 2 is 1.80 bits per heavy atom. The molecule has 30 heavy (non-hydrogen) atoms. The lowest BCUT2D eigenvalue weighted by atomic mass is 10.2. The molecule has 5 nitrogen and oxygen atoms in total. The van der Waals surface area contributed by atoms with Gasteiger partial charge in [0.25, 0.3) is 0 Å². The van der Waals surface area contributed by atoms with E-state index in [1.54, 1.807) is 47.1 Å². The molecule has 154 valence electrons. The van der Waals surface area contributed by atoms with Crippen LogP contribution >= 0.6 is 34.3 Å². The quantitative estimate of drug-likeness (QED) is 0.368. The second kappa shape index (κ2) is 8.55. The number of sulfone groups is 1. The van der Waals surface area contributed by atoms with Gasteiger partial charge in [-0.25, -0.2) is 18.4 Å². The number of thiazole rings is 2. The van der Waals surface area contributed by atoms with E-state index in [-0.39, 0.29) is 10.6 Å². The van der Waals surface area contributed by atoms with Crippen molar-refractivity contribution in [2.75, 3.05) is 0 Å². The van der Waals surface area contributed by atoms with Gasteiger partial charge in [-0.05, 0) is 49.7 Å². The molecule has 0 spiro atoms.